The average Bonchev–Trinajstić information content (AvgIpc) is 2.24. The molecule has 0 fully saturated rings. The summed E-state index contributed by atoms with van der Waals surface area (Å²) in [7, 11) is 0. The molecule has 0 spiro atoms. The molecule has 78 valence electrons. The largest absolute Gasteiger partial charge is 0.489 e. The number of para-hydroxylation sites is 1. The Labute approximate surface area is 86.1 Å². The lowest BCUT2D eigenvalue weighted by Gasteiger charge is -2.04. The Morgan fingerprint density at radius 3 is 2.80 bits per heavy atom. The Kier molecular flexibility index (Phi) is 4.03. The highest BCUT2D eigenvalue weighted by Gasteiger charge is 1.99. The van der Waals surface area contributed by atoms with Crippen molar-refractivity contribution in [3.05, 3.63) is 52.2 Å². The molecule has 0 aromatic heterocycles. The minimum absolute atomic E-state index is 0.0613. The van der Waals surface area contributed by atoms with Gasteiger partial charge in [0.2, 0.25) is 6.20 Å². The van der Waals surface area contributed by atoms with Crippen LogP contribution in [0.4, 0.5) is 0 Å². The second-order valence-electron chi connectivity index (χ2n) is 2.64. The molecule has 0 aliphatic carbocycles. The summed E-state index contributed by atoms with van der Waals surface area (Å²) in [6.45, 7) is 0.0613. The van der Waals surface area contributed by atoms with Crippen molar-refractivity contribution in [3.63, 3.8) is 0 Å². The van der Waals surface area contributed by atoms with E-state index in [9.17, 15) is 14.9 Å². The van der Waals surface area contributed by atoms with Crippen LogP contribution < -0.4 is 4.74 Å². The summed E-state index contributed by atoms with van der Waals surface area (Å²) in [6.07, 6.45) is 2.73. The molecule has 0 unspecified atom stereocenters. The number of benzene rings is 1. The van der Waals surface area contributed by atoms with Gasteiger partial charge < -0.3 is 4.74 Å². The monoisotopic (exact) mass is 207 g/mol. The van der Waals surface area contributed by atoms with Crippen LogP contribution in [-0.4, -0.2) is 17.8 Å². The van der Waals surface area contributed by atoms with E-state index in [1.165, 1.54) is 6.08 Å². The van der Waals surface area contributed by atoms with Crippen molar-refractivity contribution in [2.24, 2.45) is 0 Å². The summed E-state index contributed by atoms with van der Waals surface area (Å²) in [6, 6.07) is 6.67. The molecule has 0 radical (unpaired) electrons. The summed E-state index contributed by atoms with van der Waals surface area (Å²) < 4.78 is 5.16. The van der Waals surface area contributed by atoms with Gasteiger partial charge in [-0.2, -0.15) is 0 Å². The third-order valence-electron chi connectivity index (χ3n) is 1.61. The van der Waals surface area contributed by atoms with Gasteiger partial charge in [0.15, 0.2) is 6.29 Å². The SMILES string of the molecule is O=Cc1ccccc1OCC=C[N+](=O)[O-]. The molecule has 0 bridgehead atoms. The number of rotatable bonds is 5. The number of nitro groups is 1. The van der Waals surface area contributed by atoms with Crippen LogP contribution in [0.2, 0.25) is 0 Å². The van der Waals surface area contributed by atoms with Gasteiger partial charge in [0.05, 0.1) is 10.5 Å². The van der Waals surface area contributed by atoms with Gasteiger partial charge in [0, 0.05) is 6.08 Å². The lowest BCUT2D eigenvalue weighted by atomic mass is 10.2. The highest BCUT2D eigenvalue weighted by molar-refractivity contribution is 5.79. The zero-order valence-corrected chi connectivity index (χ0v) is 7.83. The standard InChI is InChI=1S/C10H9NO4/c12-8-9-4-1-2-5-10(9)15-7-3-6-11(13)14/h1-6,8H,7H2. The third kappa shape index (κ3) is 3.60. The molecule has 1 aromatic rings. The number of aldehydes is 1. The van der Waals surface area contributed by atoms with E-state index in [-0.39, 0.29) is 6.61 Å². The van der Waals surface area contributed by atoms with E-state index in [1.807, 2.05) is 0 Å². The van der Waals surface area contributed by atoms with Gasteiger partial charge in [-0.3, -0.25) is 14.9 Å². The van der Waals surface area contributed by atoms with Gasteiger partial charge in [0.1, 0.15) is 12.4 Å². The van der Waals surface area contributed by atoms with E-state index in [0.717, 1.165) is 6.20 Å². The number of ether oxygens (including phenoxy) is 1. The number of hydrogen-bond acceptors (Lipinski definition) is 4. The highest BCUT2D eigenvalue weighted by Crippen LogP contribution is 2.15. The number of nitrogens with zero attached hydrogens (tertiary/aromatic N) is 1. The first-order chi connectivity index (χ1) is 7.24. The molecule has 5 heteroatoms. The van der Waals surface area contributed by atoms with Crippen molar-refractivity contribution in [3.8, 4) is 5.75 Å². The summed E-state index contributed by atoms with van der Waals surface area (Å²) in [5, 5.41) is 9.94. The minimum atomic E-state index is -0.574. The van der Waals surface area contributed by atoms with Crippen LogP contribution in [0.25, 0.3) is 0 Å². The topological polar surface area (TPSA) is 69.4 Å². The Morgan fingerprint density at radius 1 is 1.40 bits per heavy atom. The van der Waals surface area contributed by atoms with Gasteiger partial charge >= 0.3 is 0 Å². The van der Waals surface area contributed by atoms with Crippen molar-refractivity contribution in [2.75, 3.05) is 6.61 Å². The van der Waals surface area contributed by atoms with Crippen molar-refractivity contribution in [2.45, 2.75) is 0 Å². The van der Waals surface area contributed by atoms with E-state index in [1.54, 1.807) is 24.3 Å². The minimum Gasteiger partial charge on any atom is -0.489 e. The van der Waals surface area contributed by atoms with E-state index in [4.69, 9.17) is 4.74 Å². The summed E-state index contributed by atoms with van der Waals surface area (Å²) in [5.41, 5.74) is 0.423. The van der Waals surface area contributed by atoms with E-state index in [2.05, 4.69) is 0 Å². The lowest BCUT2D eigenvalue weighted by molar-refractivity contribution is -0.402. The van der Waals surface area contributed by atoms with Crippen LogP contribution in [-0.2, 0) is 0 Å². The van der Waals surface area contributed by atoms with Crippen molar-refractivity contribution < 1.29 is 14.5 Å². The molecule has 0 heterocycles. The zero-order chi connectivity index (χ0) is 11.1. The normalized spacial score (nSPS) is 10.1. The average molecular weight is 207 g/mol. The Bertz CT molecular complexity index is 387. The molecule has 0 saturated carbocycles. The van der Waals surface area contributed by atoms with Crippen LogP contribution >= 0.6 is 0 Å². The van der Waals surface area contributed by atoms with Gasteiger partial charge in [-0.15, -0.1) is 0 Å². The maximum Gasteiger partial charge on any atom is 0.233 e. The first-order valence-corrected chi connectivity index (χ1v) is 4.21. The fraction of sp³-hybridized carbons (Fsp3) is 0.100. The summed E-state index contributed by atoms with van der Waals surface area (Å²) in [5.74, 6) is 0.417. The smallest absolute Gasteiger partial charge is 0.233 e. The fourth-order valence-electron chi connectivity index (χ4n) is 0.976. The molecule has 0 atom stereocenters. The molecule has 0 saturated heterocycles. The van der Waals surface area contributed by atoms with Gasteiger partial charge in [0.25, 0.3) is 0 Å². The maximum absolute atomic E-state index is 10.6. The molecule has 0 amide bonds. The zero-order valence-electron chi connectivity index (χ0n) is 7.83. The molecular formula is C10H9NO4. The summed E-state index contributed by atoms with van der Waals surface area (Å²) >= 11 is 0. The molecule has 1 aromatic carbocycles. The van der Waals surface area contributed by atoms with Crippen molar-refractivity contribution in [1.82, 2.24) is 0 Å². The Morgan fingerprint density at radius 2 is 2.13 bits per heavy atom. The van der Waals surface area contributed by atoms with Crippen molar-refractivity contribution in [1.29, 1.82) is 0 Å². The second kappa shape index (κ2) is 5.54. The number of carbonyl (C=O) groups is 1. The predicted octanol–water partition coefficient (Wildman–Crippen LogP) is 1.67. The lowest BCUT2D eigenvalue weighted by Crippen LogP contribution is -1.97. The first kappa shape index (κ1) is 10.9. The quantitative estimate of drug-likeness (QED) is 0.418. The molecule has 1 rings (SSSR count). The Balaban J connectivity index is 2.57. The van der Waals surface area contributed by atoms with Crippen LogP contribution in [0.3, 0.4) is 0 Å². The maximum atomic E-state index is 10.6. The molecular weight excluding hydrogens is 198 g/mol. The van der Waals surface area contributed by atoms with Crippen LogP contribution in [0.15, 0.2) is 36.5 Å². The van der Waals surface area contributed by atoms with Gasteiger partial charge in [-0.25, -0.2) is 0 Å². The second-order valence-corrected chi connectivity index (χ2v) is 2.64. The molecule has 0 aliphatic heterocycles. The van der Waals surface area contributed by atoms with Crippen LogP contribution in [0.1, 0.15) is 10.4 Å². The van der Waals surface area contributed by atoms with Crippen molar-refractivity contribution >= 4 is 6.29 Å². The summed E-state index contributed by atoms with van der Waals surface area (Å²) in [4.78, 5) is 19.9. The van der Waals surface area contributed by atoms with Gasteiger partial charge in [-0.05, 0) is 12.1 Å². The molecule has 5 nitrogen and oxygen atoms in total. The number of carbonyl (C=O) groups excluding carboxylic acids is 1. The van der Waals surface area contributed by atoms with E-state index in [0.29, 0.717) is 17.6 Å². The van der Waals surface area contributed by atoms with E-state index < -0.39 is 4.92 Å². The van der Waals surface area contributed by atoms with Gasteiger partial charge in [-0.1, -0.05) is 12.1 Å². The predicted molar refractivity (Wildman–Crippen MR) is 53.5 cm³/mol. The third-order valence-corrected chi connectivity index (χ3v) is 1.61. The first-order valence-electron chi connectivity index (χ1n) is 4.21. The highest BCUT2D eigenvalue weighted by atomic mass is 16.6. The number of hydrogen-bond donors (Lipinski definition) is 0. The Hall–Kier alpha value is -2.17. The molecule has 15 heavy (non-hydrogen) atoms. The molecule has 0 aliphatic rings. The van der Waals surface area contributed by atoms with Crippen LogP contribution in [0.5, 0.6) is 5.75 Å². The molecule has 0 N–H and O–H groups in total. The fourth-order valence-corrected chi connectivity index (χ4v) is 0.976. The van der Waals surface area contributed by atoms with Crippen LogP contribution in [0, 0.1) is 10.1 Å². The van der Waals surface area contributed by atoms with E-state index >= 15 is 0 Å².